The second kappa shape index (κ2) is 7.22. The summed E-state index contributed by atoms with van der Waals surface area (Å²) in [4.78, 5) is 6.69. The molecule has 5 nitrogen and oxygen atoms in total. The Morgan fingerprint density at radius 2 is 1.95 bits per heavy atom. The van der Waals surface area contributed by atoms with Crippen LogP contribution in [-0.4, -0.2) is 41.8 Å². The van der Waals surface area contributed by atoms with Crippen molar-refractivity contribution in [2.24, 2.45) is 5.92 Å². The molecule has 0 saturated carbocycles. The van der Waals surface area contributed by atoms with Crippen LogP contribution in [-0.2, 0) is 11.3 Å². The number of benzene rings is 1. The lowest BCUT2D eigenvalue weighted by atomic mass is 10.00. The van der Waals surface area contributed by atoms with E-state index in [0.717, 1.165) is 38.2 Å². The summed E-state index contributed by atoms with van der Waals surface area (Å²) in [6, 6.07) is 7.43. The van der Waals surface area contributed by atoms with Crippen LogP contribution >= 0.6 is 11.6 Å². The maximum atomic E-state index is 5.89. The fourth-order valence-electron chi connectivity index (χ4n) is 2.70. The monoisotopic (exact) mass is 321 g/mol. The Balaban J connectivity index is 1.57. The molecule has 1 fully saturated rings. The van der Waals surface area contributed by atoms with Crippen LogP contribution in [0.25, 0.3) is 11.4 Å². The van der Waals surface area contributed by atoms with Gasteiger partial charge in [0.05, 0.1) is 6.54 Å². The highest BCUT2D eigenvalue weighted by atomic mass is 35.5. The average Bonchev–Trinajstić information content (AvgIpc) is 2.97. The molecule has 2 aromatic rings. The number of halogens is 1. The van der Waals surface area contributed by atoms with Gasteiger partial charge in [0, 0.05) is 30.3 Å². The van der Waals surface area contributed by atoms with E-state index in [0.29, 0.717) is 29.2 Å². The van der Waals surface area contributed by atoms with E-state index >= 15 is 0 Å². The molecular formula is C16H20ClN3O2. The van der Waals surface area contributed by atoms with E-state index in [-0.39, 0.29) is 0 Å². The number of hydrogen-bond donors (Lipinski definition) is 0. The van der Waals surface area contributed by atoms with Crippen molar-refractivity contribution in [3.05, 3.63) is 35.2 Å². The summed E-state index contributed by atoms with van der Waals surface area (Å²) in [7, 11) is 2.08. The normalized spacial score (nSPS) is 16.3. The third-order valence-corrected chi connectivity index (χ3v) is 4.14. The average molecular weight is 322 g/mol. The van der Waals surface area contributed by atoms with Gasteiger partial charge in [0.25, 0.3) is 0 Å². The van der Waals surface area contributed by atoms with Crippen molar-refractivity contribution in [3.63, 3.8) is 0 Å². The van der Waals surface area contributed by atoms with E-state index in [1.54, 1.807) is 0 Å². The first-order valence-electron chi connectivity index (χ1n) is 7.55. The smallest absolute Gasteiger partial charge is 0.241 e. The number of rotatable bonds is 5. The van der Waals surface area contributed by atoms with E-state index in [1.165, 1.54) is 0 Å². The minimum atomic E-state index is 0.603. The Morgan fingerprint density at radius 1 is 1.23 bits per heavy atom. The first kappa shape index (κ1) is 15.5. The Morgan fingerprint density at radius 3 is 2.68 bits per heavy atom. The van der Waals surface area contributed by atoms with Crippen LogP contribution < -0.4 is 0 Å². The molecule has 1 aromatic heterocycles. The van der Waals surface area contributed by atoms with E-state index < -0.39 is 0 Å². The van der Waals surface area contributed by atoms with Gasteiger partial charge in [0.2, 0.25) is 11.7 Å². The van der Waals surface area contributed by atoms with Crippen molar-refractivity contribution < 1.29 is 9.26 Å². The Labute approximate surface area is 135 Å². The number of aromatic nitrogens is 2. The molecule has 0 spiro atoms. The molecule has 1 aliphatic heterocycles. The second-order valence-electron chi connectivity index (χ2n) is 5.77. The van der Waals surface area contributed by atoms with Gasteiger partial charge in [-0.3, -0.25) is 4.90 Å². The SMILES string of the molecule is CN(Cc1nc(-c2ccc(Cl)cc2)no1)CC1CCOCC1. The van der Waals surface area contributed by atoms with Crippen LogP contribution in [0.4, 0.5) is 0 Å². The molecule has 1 aromatic carbocycles. The third kappa shape index (κ3) is 4.06. The van der Waals surface area contributed by atoms with Gasteiger partial charge in [0.1, 0.15) is 0 Å². The van der Waals surface area contributed by atoms with E-state index in [2.05, 4.69) is 22.1 Å². The molecule has 6 heteroatoms. The molecule has 0 aliphatic carbocycles. The zero-order chi connectivity index (χ0) is 15.4. The first-order chi connectivity index (χ1) is 10.7. The zero-order valence-corrected chi connectivity index (χ0v) is 13.4. The first-order valence-corrected chi connectivity index (χ1v) is 7.93. The summed E-state index contributed by atoms with van der Waals surface area (Å²) < 4.78 is 10.7. The summed E-state index contributed by atoms with van der Waals surface area (Å²) in [5.41, 5.74) is 0.909. The minimum Gasteiger partial charge on any atom is -0.381 e. The van der Waals surface area contributed by atoms with Crippen LogP contribution in [0.1, 0.15) is 18.7 Å². The molecule has 2 heterocycles. The number of hydrogen-bond acceptors (Lipinski definition) is 5. The van der Waals surface area contributed by atoms with Crippen molar-refractivity contribution in [1.29, 1.82) is 0 Å². The van der Waals surface area contributed by atoms with Gasteiger partial charge in [-0.15, -0.1) is 0 Å². The molecule has 118 valence electrons. The maximum absolute atomic E-state index is 5.89. The standard InChI is InChI=1S/C16H20ClN3O2/c1-20(10-12-6-8-21-9-7-12)11-15-18-16(19-22-15)13-2-4-14(17)5-3-13/h2-5,12H,6-11H2,1H3. The van der Waals surface area contributed by atoms with Crippen LogP contribution in [0.15, 0.2) is 28.8 Å². The minimum absolute atomic E-state index is 0.603. The van der Waals surface area contributed by atoms with Crippen molar-refractivity contribution in [1.82, 2.24) is 15.0 Å². The lowest BCUT2D eigenvalue weighted by Gasteiger charge is -2.26. The second-order valence-corrected chi connectivity index (χ2v) is 6.21. The Bertz CT molecular complexity index is 594. The largest absolute Gasteiger partial charge is 0.381 e. The quantitative estimate of drug-likeness (QED) is 0.846. The van der Waals surface area contributed by atoms with Gasteiger partial charge in [-0.2, -0.15) is 4.98 Å². The fourth-order valence-corrected chi connectivity index (χ4v) is 2.83. The van der Waals surface area contributed by atoms with Crippen LogP contribution in [0.2, 0.25) is 5.02 Å². The highest BCUT2D eigenvalue weighted by molar-refractivity contribution is 6.30. The van der Waals surface area contributed by atoms with Gasteiger partial charge in [-0.05, 0) is 50.1 Å². The highest BCUT2D eigenvalue weighted by Gasteiger charge is 2.17. The molecule has 0 unspecified atom stereocenters. The van der Waals surface area contributed by atoms with Crippen LogP contribution in [0.3, 0.4) is 0 Å². The van der Waals surface area contributed by atoms with Gasteiger partial charge >= 0.3 is 0 Å². The molecule has 0 atom stereocenters. The summed E-state index contributed by atoms with van der Waals surface area (Å²) in [5, 5.41) is 4.74. The van der Waals surface area contributed by atoms with E-state index in [4.69, 9.17) is 20.9 Å². The van der Waals surface area contributed by atoms with Crippen molar-refractivity contribution in [3.8, 4) is 11.4 Å². The molecule has 0 bridgehead atoms. The molecule has 1 saturated heterocycles. The van der Waals surface area contributed by atoms with Gasteiger partial charge < -0.3 is 9.26 Å². The van der Waals surface area contributed by atoms with Crippen molar-refractivity contribution in [2.45, 2.75) is 19.4 Å². The van der Waals surface area contributed by atoms with E-state index in [1.807, 2.05) is 24.3 Å². The summed E-state index contributed by atoms with van der Waals surface area (Å²) in [6.45, 7) is 3.44. The third-order valence-electron chi connectivity index (χ3n) is 3.89. The zero-order valence-electron chi connectivity index (χ0n) is 12.7. The van der Waals surface area contributed by atoms with Gasteiger partial charge in [-0.25, -0.2) is 0 Å². The maximum Gasteiger partial charge on any atom is 0.241 e. The molecule has 22 heavy (non-hydrogen) atoms. The predicted octanol–water partition coefficient (Wildman–Crippen LogP) is 3.25. The fraction of sp³-hybridized carbons (Fsp3) is 0.500. The summed E-state index contributed by atoms with van der Waals surface area (Å²) in [6.07, 6.45) is 2.26. The van der Waals surface area contributed by atoms with E-state index in [9.17, 15) is 0 Å². The van der Waals surface area contributed by atoms with Crippen LogP contribution in [0, 0.1) is 5.92 Å². The highest BCUT2D eigenvalue weighted by Crippen LogP contribution is 2.20. The molecule has 1 aliphatic rings. The molecule has 0 amide bonds. The van der Waals surface area contributed by atoms with Crippen molar-refractivity contribution in [2.75, 3.05) is 26.8 Å². The number of nitrogens with zero attached hydrogens (tertiary/aromatic N) is 3. The molecule has 0 N–H and O–H groups in total. The van der Waals surface area contributed by atoms with Gasteiger partial charge in [-0.1, -0.05) is 16.8 Å². The molecule has 0 radical (unpaired) electrons. The van der Waals surface area contributed by atoms with Crippen LogP contribution in [0.5, 0.6) is 0 Å². The molecule has 3 rings (SSSR count). The van der Waals surface area contributed by atoms with Gasteiger partial charge in [0.15, 0.2) is 0 Å². The summed E-state index contributed by atoms with van der Waals surface area (Å²) in [5.74, 6) is 1.93. The number of ether oxygens (including phenoxy) is 1. The van der Waals surface area contributed by atoms with Crippen molar-refractivity contribution >= 4 is 11.6 Å². The summed E-state index contributed by atoms with van der Waals surface area (Å²) >= 11 is 5.89. The predicted molar refractivity (Wildman–Crippen MR) is 84.6 cm³/mol. The Hall–Kier alpha value is -1.43. The molecular weight excluding hydrogens is 302 g/mol. The Kier molecular flexibility index (Phi) is 5.08. The lowest BCUT2D eigenvalue weighted by molar-refractivity contribution is 0.0538. The lowest BCUT2D eigenvalue weighted by Crippen LogP contribution is -2.29. The topological polar surface area (TPSA) is 51.4 Å².